The Morgan fingerprint density at radius 2 is 0.919 bits per heavy atom. The minimum absolute atomic E-state index is 0. The van der Waals surface area contributed by atoms with Crippen LogP contribution in [0, 0.1) is 86.6 Å². The predicted molar refractivity (Wildman–Crippen MR) is 150 cm³/mol. The van der Waals surface area contributed by atoms with Crippen molar-refractivity contribution in [2.45, 2.75) is 62.3 Å². The average molecular weight is 1100 g/mol. The van der Waals surface area contributed by atoms with E-state index >= 15 is 0 Å². The molecule has 0 fully saturated rings. The van der Waals surface area contributed by atoms with E-state index in [1.54, 1.807) is 6.07 Å². The largest absolute Gasteiger partial charge is 0.557 e. The molecule has 0 aliphatic heterocycles. The van der Waals surface area contributed by atoms with Gasteiger partial charge in [0.05, 0.1) is 0 Å². The minimum Gasteiger partial charge on any atom is -0.557 e. The molecule has 0 unspecified atom stereocenters. The molecule has 3 rings (SSSR count). The fraction of sp³-hybridized carbons (Fsp3) is 0.333. The van der Waals surface area contributed by atoms with Gasteiger partial charge >= 0.3 is 0 Å². The Hall–Kier alpha value is 4.04. The van der Waals surface area contributed by atoms with Gasteiger partial charge in [-0.3, -0.25) is 11.1 Å². The summed E-state index contributed by atoms with van der Waals surface area (Å²) in [5.41, 5.74) is 8.68. The molecule has 3 aromatic rings. The molecule has 0 aromatic heterocycles. The van der Waals surface area contributed by atoms with Crippen LogP contribution in [0.25, 0.3) is 0 Å². The summed E-state index contributed by atoms with van der Waals surface area (Å²) in [5, 5.41) is 27.7. The average Bonchev–Trinajstić information content (AvgIpc) is 2.70. The van der Waals surface area contributed by atoms with E-state index in [1.807, 2.05) is 68.4 Å². The molecule has 3 N–H and O–H groups in total. The first-order valence-corrected chi connectivity index (χ1v) is 16.3. The van der Waals surface area contributed by atoms with E-state index in [9.17, 15) is 15.3 Å². The van der Waals surface area contributed by atoms with Crippen molar-refractivity contribution >= 4 is 37.2 Å². The fourth-order valence-corrected chi connectivity index (χ4v) is 2.72. The van der Waals surface area contributed by atoms with Gasteiger partial charge in [0, 0.05) is 212 Å². The number of halogens is 2. The number of aryl methyl sites for hydroxylation is 6. The molecule has 10 heteroatoms. The van der Waals surface area contributed by atoms with Crippen molar-refractivity contribution in [1.82, 2.24) is 0 Å². The summed E-state index contributed by atoms with van der Waals surface area (Å²) >= 11 is 4.24. The minimum atomic E-state index is 0. The van der Waals surface area contributed by atoms with Crippen molar-refractivity contribution in [2.24, 2.45) is 0 Å². The van der Waals surface area contributed by atoms with E-state index in [0.717, 1.165) is 50.1 Å². The first-order chi connectivity index (χ1) is 14.8. The van der Waals surface area contributed by atoms with Crippen LogP contribution in [0.4, 0.5) is 0 Å². The van der Waals surface area contributed by atoms with Gasteiger partial charge in [-0.1, -0.05) is 55.4 Å². The Balaban J connectivity index is -0.0000000883. The van der Waals surface area contributed by atoms with Crippen LogP contribution in [0.3, 0.4) is 0 Å². The molecule has 0 heterocycles. The Kier molecular flexibility index (Phi) is 41.7. The van der Waals surface area contributed by atoms with E-state index in [2.05, 4.69) is 61.5 Å². The first kappa shape index (κ1) is 53.6. The number of rotatable bonds is 0. The normalized spacial score (nSPS) is 8.19. The third-order valence-corrected chi connectivity index (χ3v) is 4.98. The van der Waals surface area contributed by atoms with Gasteiger partial charge in [-0.2, -0.15) is 34.4 Å². The SMILES string of the molecule is Cc1[c-]c(C)c(C)c(O)[c-]1.Cc1[c-]c(C)c(C)c(O)c1.Cc1[c-]c(O)c(C)c(C)c1.II.[Y].[Y].[Y].[Y].[Y]. The first-order valence-electron chi connectivity index (χ1n) is 9.97. The smallest absolute Gasteiger partial charge is 0.0116 e. The number of hydrogen-bond acceptors (Lipinski definition) is 3. The van der Waals surface area contributed by atoms with Crippen LogP contribution in [-0.4, -0.2) is 15.3 Å². The zero-order valence-corrected chi connectivity index (χ0v) is 41.6. The summed E-state index contributed by atoms with van der Waals surface area (Å²) in [6.07, 6.45) is 0. The molecule has 0 aliphatic rings. The molecule has 0 spiro atoms. The van der Waals surface area contributed by atoms with E-state index in [-0.39, 0.29) is 175 Å². The second-order valence-corrected chi connectivity index (χ2v) is 7.67. The zero-order chi connectivity index (χ0) is 25.2. The van der Waals surface area contributed by atoms with Crippen molar-refractivity contribution in [3.63, 3.8) is 0 Å². The maximum atomic E-state index is 9.26. The molecule has 0 amide bonds. The molecule has 0 bridgehead atoms. The van der Waals surface area contributed by atoms with Crippen LogP contribution in [-0.2, 0) is 164 Å². The summed E-state index contributed by atoms with van der Waals surface area (Å²) in [6, 6.07) is 15.5. The third kappa shape index (κ3) is 21.4. The quantitative estimate of drug-likeness (QED) is 0.159. The number of aromatic hydroxyl groups is 3. The van der Waals surface area contributed by atoms with E-state index < -0.39 is 0 Å². The van der Waals surface area contributed by atoms with Gasteiger partial charge in [0.25, 0.3) is 0 Å². The molecule has 5 radical (unpaired) electrons. The Morgan fingerprint density at radius 1 is 0.514 bits per heavy atom. The van der Waals surface area contributed by atoms with Crippen molar-refractivity contribution < 1.29 is 179 Å². The van der Waals surface area contributed by atoms with Crippen molar-refractivity contribution in [3.05, 3.63) is 86.5 Å². The van der Waals surface area contributed by atoms with Crippen molar-refractivity contribution in [1.29, 1.82) is 0 Å². The number of phenols is 3. The third-order valence-electron chi connectivity index (χ3n) is 4.98. The topological polar surface area (TPSA) is 60.7 Å². The maximum absolute atomic E-state index is 9.26. The van der Waals surface area contributed by atoms with Crippen LogP contribution in [0.1, 0.15) is 50.1 Å². The van der Waals surface area contributed by atoms with Crippen molar-refractivity contribution in [2.75, 3.05) is 0 Å². The van der Waals surface area contributed by atoms with Gasteiger partial charge in [0.1, 0.15) is 0 Å². The second-order valence-electron chi connectivity index (χ2n) is 7.67. The van der Waals surface area contributed by atoms with Crippen molar-refractivity contribution in [3.8, 4) is 17.2 Å². The standard InChI is InChI=1S/2C9H11O.C9H10O.I2.5Y/c3*1-6-4-7(2)8(3)9(10)5-6;1-2;;;;;/h5,10H,1-3H3;4,10H,1-3H3;10H,1-3H3;;;;;;/q2*-1;-2;;;;;;. The maximum Gasteiger partial charge on any atom is 0.0116 e. The number of benzene rings is 3. The van der Waals surface area contributed by atoms with Crippen LogP contribution >= 0.6 is 37.2 Å². The number of phenolic OH excluding ortho intramolecular Hbond substituents is 3. The Labute approximate surface area is 374 Å². The van der Waals surface area contributed by atoms with Crippen LogP contribution in [0.2, 0.25) is 0 Å². The fourth-order valence-electron chi connectivity index (χ4n) is 2.72. The van der Waals surface area contributed by atoms with E-state index in [1.165, 1.54) is 0 Å². The molecular weight excluding hydrogens is 1070 g/mol. The molecule has 0 saturated carbocycles. The van der Waals surface area contributed by atoms with Crippen LogP contribution in [0.5, 0.6) is 17.2 Å². The Morgan fingerprint density at radius 3 is 1.32 bits per heavy atom. The summed E-state index contributed by atoms with van der Waals surface area (Å²) < 4.78 is 0. The van der Waals surface area contributed by atoms with Gasteiger partial charge in [-0.15, -0.1) is 35.9 Å². The molecule has 3 nitrogen and oxygen atoms in total. The summed E-state index contributed by atoms with van der Waals surface area (Å²) in [5.74, 6) is 0.889. The Bertz CT molecular complexity index is 848. The van der Waals surface area contributed by atoms with Gasteiger partial charge in [0.2, 0.25) is 0 Å². The molecule has 0 saturated heterocycles. The second kappa shape index (κ2) is 28.8. The summed E-state index contributed by atoms with van der Waals surface area (Å²) in [6.45, 7) is 17.2. The molecule has 3 aromatic carbocycles. The van der Waals surface area contributed by atoms with Crippen LogP contribution < -0.4 is 0 Å². The molecular formula is C27H32I2O3Y5-4. The van der Waals surface area contributed by atoms with Gasteiger partial charge < -0.3 is 27.5 Å². The van der Waals surface area contributed by atoms with Crippen LogP contribution in [0.15, 0.2) is 12.1 Å². The van der Waals surface area contributed by atoms with E-state index in [0.29, 0.717) is 5.75 Å². The van der Waals surface area contributed by atoms with Gasteiger partial charge in [0.15, 0.2) is 0 Å². The molecule has 191 valence electrons. The summed E-state index contributed by atoms with van der Waals surface area (Å²) in [4.78, 5) is 0. The van der Waals surface area contributed by atoms with E-state index in [4.69, 9.17) is 0 Å². The molecule has 0 aliphatic carbocycles. The predicted octanol–water partition coefficient (Wildman–Crippen LogP) is 7.91. The zero-order valence-electron chi connectivity index (χ0n) is 23.1. The monoisotopic (exact) mass is 1100 g/mol. The molecule has 0 atom stereocenters. The van der Waals surface area contributed by atoms with Gasteiger partial charge in [-0.05, 0) is 0 Å². The van der Waals surface area contributed by atoms with Gasteiger partial charge in [-0.25, -0.2) is 5.56 Å². The molecule has 37 heavy (non-hydrogen) atoms. The summed E-state index contributed by atoms with van der Waals surface area (Å²) in [7, 11) is 0. The number of hydrogen-bond donors (Lipinski definition) is 3.